The number of rotatable bonds is 7. The van der Waals surface area contributed by atoms with Crippen molar-refractivity contribution in [2.75, 3.05) is 18.8 Å². The van der Waals surface area contributed by atoms with E-state index in [4.69, 9.17) is 5.73 Å². The van der Waals surface area contributed by atoms with Crippen LogP contribution in [0.25, 0.3) is 11.2 Å². The third-order valence-corrected chi connectivity index (χ3v) is 6.86. The second kappa shape index (κ2) is 7.84. The highest BCUT2D eigenvalue weighted by Gasteiger charge is 2.23. The maximum Gasteiger partial charge on any atom is 0.312 e. The Morgan fingerprint density at radius 2 is 2.07 bits per heavy atom. The molecule has 0 amide bonds. The van der Waals surface area contributed by atoms with Crippen LogP contribution in [0.5, 0.6) is 0 Å². The van der Waals surface area contributed by atoms with Gasteiger partial charge in [0.25, 0.3) is 0 Å². The number of nitrogens with one attached hydrogen (secondary N) is 1. The van der Waals surface area contributed by atoms with E-state index in [1.165, 1.54) is 12.8 Å². The van der Waals surface area contributed by atoms with Crippen LogP contribution in [-0.4, -0.2) is 38.4 Å². The van der Waals surface area contributed by atoms with Gasteiger partial charge < -0.3 is 15.6 Å². The first-order valence-corrected chi connectivity index (χ1v) is 11.3. The molecule has 0 saturated heterocycles. The summed E-state index contributed by atoms with van der Waals surface area (Å²) < 4.78 is 16.9. The fourth-order valence-corrected chi connectivity index (χ4v) is 4.76. The quantitative estimate of drug-likeness (QED) is 0.283. The van der Waals surface area contributed by atoms with E-state index in [1.807, 2.05) is 10.6 Å². The van der Waals surface area contributed by atoms with Crippen LogP contribution >= 0.6 is 22.6 Å². The molecule has 5 rings (SSSR count). The number of nitrogens with two attached hydrogens (primary N) is 1. The molecule has 156 valence electrons. The number of hydrogen-bond acceptors (Lipinski definition) is 6. The van der Waals surface area contributed by atoms with Gasteiger partial charge in [0.15, 0.2) is 22.8 Å². The molecule has 0 radical (unpaired) electrons. The summed E-state index contributed by atoms with van der Waals surface area (Å²) in [4.78, 5) is 24.5. The zero-order chi connectivity index (χ0) is 20.8. The number of benzene rings is 1. The number of halogens is 2. The molecule has 2 aliphatic rings. The molecular formula is C21H22FIN6O. The van der Waals surface area contributed by atoms with E-state index in [9.17, 15) is 9.18 Å². The maximum absolute atomic E-state index is 13.9. The van der Waals surface area contributed by atoms with Crippen molar-refractivity contribution in [2.24, 2.45) is 5.92 Å². The summed E-state index contributed by atoms with van der Waals surface area (Å²) in [6.07, 6.45) is 3.62. The molecule has 2 aromatic heterocycles. The standard InChI is InChI=1S/C21H22FIN6O/c22-21-27-19(24)18-20(28-21)29(6-5-25-10-11-1-2-11)17(26-18)9-13-7-14-12(8-15(13)23)3-4-16(14)30/h7-8,11,25H,1-6,9-10H2,(H2,24,27,28). The highest BCUT2D eigenvalue weighted by atomic mass is 127. The van der Waals surface area contributed by atoms with E-state index in [0.717, 1.165) is 51.5 Å². The molecule has 0 aliphatic heterocycles. The fraction of sp³-hybridized carbons (Fsp3) is 0.429. The molecule has 30 heavy (non-hydrogen) atoms. The van der Waals surface area contributed by atoms with Gasteiger partial charge in [-0.05, 0) is 77.6 Å². The fourth-order valence-electron chi connectivity index (χ4n) is 4.04. The van der Waals surface area contributed by atoms with Gasteiger partial charge >= 0.3 is 6.08 Å². The van der Waals surface area contributed by atoms with Gasteiger partial charge in [-0.25, -0.2) is 4.98 Å². The van der Waals surface area contributed by atoms with Crippen molar-refractivity contribution in [3.63, 3.8) is 0 Å². The van der Waals surface area contributed by atoms with Crippen molar-refractivity contribution < 1.29 is 9.18 Å². The lowest BCUT2D eigenvalue weighted by Gasteiger charge is -2.12. The summed E-state index contributed by atoms with van der Waals surface area (Å²) in [7, 11) is 0. The number of anilines is 1. The van der Waals surface area contributed by atoms with E-state index >= 15 is 0 Å². The monoisotopic (exact) mass is 520 g/mol. The number of hydrogen-bond donors (Lipinski definition) is 2. The highest BCUT2D eigenvalue weighted by Crippen LogP contribution is 2.29. The number of carbonyl (C=O) groups is 1. The second-order valence-corrected chi connectivity index (χ2v) is 9.24. The molecular weight excluding hydrogens is 498 g/mol. The van der Waals surface area contributed by atoms with Gasteiger partial charge in [-0.15, -0.1) is 0 Å². The van der Waals surface area contributed by atoms with E-state index in [1.54, 1.807) is 0 Å². The highest BCUT2D eigenvalue weighted by molar-refractivity contribution is 14.1. The zero-order valence-corrected chi connectivity index (χ0v) is 18.6. The Balaban J connectivity index is 1.49. The number of aryl methyl sites for hydroxylation is 1. The molecule has 7 nitrogen and oxygen atoms in total. The van der Waals surface area contributed by atoms with Crippen molar-refractivity contribution in [1.82, 2.24) is 24.8 Å². The molecule has 9 heteroatoms. The van der Waals surface area contributed by atoms with Crippen molar-refractivity contribution >= 4 is 45.4 Å². The molecule has 0 unspecified atom stereocenters. The molecule has 1 fully saturated rings. The lowest BCUT2D eigenvalue weighted by molar-refractivity contribution is 0.0994. The Hall–Kier alpha value is -2.14. The van der Waals surface area contributed by atoms with Gasteiger partial charge in [0.1, 0.15) is 5.82 Å². The third kappa shape index (κ3) is 3.80. The van der Waals surface area contributed by atoms with Crippen molar-refractivity contribution in [3.8, 4) is 0 Å². The topological polar surface area (TPSA) is 98.7 Å². The van der Waals surface area contributed by atoms with Crippen molar-refractivity contribution in [2.45, 2.75) is 38.6 Å². The largest absolute Gasteiger partial charge is 0.382 e. The Bertz CT molecular complexity index is 1160. The Labute approximate surface area is 186 Å². The zero-order valence-electron chi connectivity index (χ0n) is 16.4. The number of fused-ring (bicyclic) bond motifs is 2. The molecule has 0 atom stereocenters. The summed E-state index contributed by atoms with van der Waals surface area (Å²) in [5.74, 6) is 1.76. The number of carbonyl (C=O) groups excluding carboxylic acids is 1. The molecule has 3 N–H and O–H groups in total. The summed E-state index contributed by atoms with van der Waals surface area (Å²) in [5, 5.41) is 3.46. The van der Waals surface area contributed by atoms with Gasteiger partial charge in [-0.1, -0.05) is 0 Å². The predicted molar refractivity (Wildman–Crippen MR) is 120 cm³/mol. The third-order valence-electron chi connectivity index (χ3n) is 5.86. The lowest BCUT2D eigenvalue weighted by atomic mass is 10.0. The first kappa shape index (κ1) is 19.8. The molecule has 0 spiro atoms. The predicted octanol–water partition coefficient (Wildman–Crippen LogP) is 2.87. The van der Waals surface area contributed by atoms with E-state index in [2.05, 4.69) is 48.9 Å². The van der Waals surface area contributed by atoms with Crippen LogP contribution in [0.2, 0.25) is 0 Å². The molecule has 3 aromatic rings. The molecule has 1 aromatic carbocycles. The summed E-state index contributed by atoms with van der Waals surface area (Å²) >= 11 is 2.31. The van der Waals surface area contributed by atoms with Crippen molar-refractivity contribution in [3.05, 3.63) is 44.3 Å². The Morgan fingerprint density at radius 1 is 1.23 bits per heavy atom. The summed E-state index contributed by atoms with van der Waals surface area (Å²) in [6.45, 7) is 2.34. The van der Waals surface area contributed by atoms with E-state index < -0.39 is 6.08 Å². The number of aromatic nitrogens is 4. The minimum Gasteiger partial charge on any atom is -0.382 e. The van der Waals surface area contributed by atoms with Crippen LogP contribution in [-0.2, 0) is 19.4 Å². The number of nitrogen functional groups attached to an aromatic ring is 1. The van der Waals surface area contributed by atoms with Gasteiger partial charge in [0.05, 0.1) is 0 Å². The molecule has 2 aliphatic carbocycles. The van der Waals surface area contributed by atoms with Crippen LogP contribution < -0.4 is 11.1 Å². The van der Waals surface area contributed by atoms with Crippen LogP contribution in [0.1, 0.15) is 46.6 Å². The van der Waals surface area contributed by atoms with Crippen LogP contribution in [0.3, 0.4) is 0 Å². The summed E-state index contributed by atoms with van der Waals surface area (Å²) in [5.41, 5.74) is 9.71. The Kier molecular flexibility index (Phi) is 5.18. The van der Waals surface area contributed by atoms with Crippen LogP contribution in [0.4, 0.5) is 10.2 Å². The van der Waals surface area contributed by atoms with Gasteiger partial charge in [0, 0.05) is 35.1 Å². The average Bonchev–Trinajstić information content (AvgIpc) is 3.38. The maximum atomic E-state index is 13.9. The second-order valence-electron chi connectivity index (χ2n) is 8.08. The van der Waals surface area contributed by atoms with Crippen molar-refractivity contribution in [1.29, 1.82) is 0 Å². The SMILES string of the molecule is Nc1nc(F)nc2c1nc(Cc1cc3c(cc1I)CCC3=O)n2CCNCC1CC1. The Morgan fingerprint density at radius 3 is 2.87 bits per heavy atom. The summed E-state index contributed by atoms with van der Waals surface area (Å²) in [6, 6.07) is 4.07. The van der Waals surface area contributed by atoms with Crippen LogP contribution in [0.15, 0.2) is 12.1 Å². The average molecular weight is 520 g/mol. The molecule has 0 bridgehead atoms. The number of Topliss-reactive ketones (excluding diaryl/α,β-unsaturated/α-hetero) is 1. The first-order valence-electron chi connectivity index (χ1n) is 10.2. The molecule has 1 saturated carbocycles. The van der Waals surface area contributed by atoms with Gasteiger partial charge in [-0.3, -0.25) is 4.79 Å². The van der Waals surface area contributed by atoms with E-state index in [0.29, 0.717) is 30.6 Å². The normalized spacial score (nSPS) is 15.9. The minimum atomic E-state index is -0.851. The van der Waals surface area contributed by atoms with Gasteiger partial charge in [-0.2, -0.15) is 14.4 Å². The lowest BCUT2D eigenvalue weighted by Crippen LogP contribution is -2.23. The minimum absolute atomic E-state index is 0.0438. The van der Waals surface area contributed by atoms with Gasteiger partial charge in [0.2, 0.25) is 0 Å². The first-order chi connectivity index (χ1) is 14.5. The smallest absolute Gasteiger partial charge is 0.312 e. The number of imidazole rings is 1. The number of nitrogens with zero attached hydrogens (tertiary/aromatic N) is 4. The number of ketones is 1. The molecule has 2 heterocycles. The van der Waals surface area contributed by atoms with E-state index in [-0.39, 0.29) is 11.6 Å². The van der Waals surface area contributed by atoms with Crippen LogP contribution in [0, 0.1) is 15.6 Å².